The Morgan fingerprint density at radius 1 is 1.18 bits per heavy atom. The van der Waals surface area contributed by atoms with Gasteiger partial charge in [0.2, 0.25) is 0 Å². The van der Waals surface area contributed by atoms with Gasteiger partial charge in [0.25, 0.3) is 5.56 Å². The van der Waals surface area contributed by atoms with Crippen LogP contribution >= 0.6 is 11.6 Å². The number of carbonyl (C=O) groups is 1. The number of hydrogen-bond donors (Lipinski definition) is 2. The molecule has 6 rings (SSSR count). The van der Waals surface area contributed by atoms with Crippen LogP contribution in [0.1, 0.15) is 30.4 Å². The Kier molecular flexibility index (Phi) is 6.15. The molecule has 1 amide bonds. The molecule has 0 atom stereocenters. The maximum atomic E-state index is 13.4. The van der Waals surface area contributed by atoms with Gasteiger partial charge in [-0.05, 0) is 59.2 Å². The minimum atomic E-state index is -1.04. The van der Waals surface area contributed by atoms with Gasteiger partial charge in [-0.15, -0.1) is 5.10 Å². The second-order valence-electron chi connectivity index (χ2n) is 9.25. The van der Waals surface area contributed by atoms with Gasteiger partial charge in [-0.2, -0.15) is 4.68 Å². The summed E-state index contributed by atoms with van der Waals surface area (Å²) in [6, 6.07) is 13.8. The minimum absolute atomic E-state index is 0.182. The molecule has 1 aliphatic carbocycles. The zero-order valence-corrected chi connectivity index (χ0v) is 21.4. The van der Waals surface area contributed by atoms with Crippen LogP contribution in [0.4, 0.5) is 10.5 Å². The third kappa shape index (κ3) is 4.89. The molecule has 0 saturated heterocycles. The van der Waals surface area contributed by atoms with Crippen LogP contribution in [0.3, 0.4) is 0 Å². The zero-order valence-electron chi connectivity index (χ0n) is 20.7. The quantitative estimate of drug-likeness (QED) is 0.313. The van der Waals surface area contributed by atoms with Gasteiger partial charge in [0.15, 0.2) is 0 Å². The van der Waals surface area contributed by atoms with Gasteiger partial charge in [-0.3, -0.25) is 14.3 Å². The van der Waals surface area contributed by atoms with Gasteiger partial charge >= 0.3 is 6.09 Å². The summed E-state index contributed by atoms with van der Waals surface area (Å²) in [4.78, 5) is 38.4. The maximum Gasteiger partial charge on any atom is 0.411 e. The van der Waals surface area contributed by atoms with Crippen molar-refractivity contribution in [2.45, 2.75) is 25.3 Å². The molecule has 3 aromatic heterocycles. The number of halogens is 1. The van der Waals surface area contributed by atoms with Crippen LogP contribution in [0.5, 0.6) is 0 Å². The standard InChI is InChI=1S/C26H22ClN9O3/c1-34(26(38)39)18-7-4-15(5-8-18)21-12-28-23(30-21)13-35-24(37)11-20(31-25(35)16-2-3-16)19-10-17(27)6-9-22(19)36-14-29-32-33-36/h4-12,14,16H,2-3,13H2,1H3,(H,28,30)(H,38,39). The van der Waals surface area contributed by atoms with E-state index in [4.69, 9.17) is 21.7 Å². The summed E-state index contributed by atoms with van der Waals surface area (Å²) in [5.74, 6) is 1.48. The smallest absolute Gasteiger partial charge is 0.411 e. The van der Waals surface area contributed by atoms with Gasteiger partial charge < -0.3 is 10.1 Å². The molecule has 2 aromatic carbocycles. The Bertz CT molecular complexity index is 1720. The molecule has 0 spiro atoms. The number of H-pyrrole nitrogens is 1. The molecule has 13 heteroatoms. The first-order valence-electron chi connectivity index (χ1n) is 12.1. The highest BCUT2D eigenvalue weighted by Crippen LogP contribution is 2.39. The highest BCUT2D eigenvalue weighted by molar-refractivity contribution is 6.31. The summed E-state index contributed by atoms with van der Waals surface area (Å²) in [7, 11) is 1.49. The van der Waals surface area contributed by atoms with E-state index < -0.39 is 6.09 Å². The van der Waals surface area contributed by atoms with E-state index in [0.29, 0.717) is 39.3 Å². The Labute approximate surface area is 226 Å². The number of nitrogens with zero attached hydrogens (tertiary/aromatic N) is 8. The number of aromatic amines is 1. The summed E-state index contributed by atoms with van der Waals surface area (Å²) in [6.07, 6.45) is 4.03. The summed E-state index contributed by atoms with van der Waals surface area (Å²) < 4.78 is 3.15. The Morgan fingerprint density at radius 2 is 1.97 bits per heavy atom. The van der Waals surface area contributed by atoms with Gasteiger partial charge in [-0.1, -0.05) is 23.7 Å². The normalized spacial score (nSPS) is 13.0. The van der Waals surface area contributed by atoms with Crippen LogP contribution in [0.15, 0.2) is 65.8 Å². The summed E-state index contributed by atoms with van der Waals surface area (Å²) in [5, 5.41) is 21.1. The molecule has 0 aliphatic heterocycles. The second kappa shape index (κ2) is 9.80. The van der Waals surface area contributed by atoms with Gasteiger partial charge in [0.1, 0.15) is 18.0 Å². The summed E-state index contributed by atoms with van der Waals surface area (Å²) in [5.41, 5.74) is 3.76. The molecule has 12 nitrogen and oxygen atoms in total. The Hall–Kier alpha value is -4.84. The van der Waals surface area contributed by atoms with E-state index in [1.807, 2.05) is 12.1 Å². The Morgan fingerprint density at radius 3 is 2.67 bits per heavy atom. The molecule has 1 saturated carbocycles. The van der Waals surface area contributed by atoms with Crippen molar-refractivity contribution < 1.29 is 9.90 Å². The number of imidazole rings is 1. The molecule has 0 radical (unpaired) electrons. The molecule has 1 fully saturated rings. The van der Waals surface area contributed by atoms with Crippen molar-refractivity contribution in [3.8, 4) is 28.2 Å². The van der Waals surface area contributed by atoms with Crippen molar-refractivity contribution >= 4 is 23.4 Å². The van der Waals surface area contributed by atoms with Gasteiger partial charge in [-0.25, -0.2) is 14.8 Å². The van der Waals surface area contributed by atoms with Crippen LogP contribution in [0.25, 0.3) is 28.2 Å². The summed E-state index contributed by atoms with van der Waals surface area (Å²) in [6.45, 7) is 0.229. The molecule has 0 bridgehead atoms. The van der Waals surface area contributed by atoms with Crippen molar-refractivity contribution in [2.75, 3.05) is 11.9 Å². The highest BCUT2D eigenvalue weighted by atomic mass is 35.5. The van der Waals surface area contributed by atoms with E-state index in [2.05, 4.69) is 25.5 Å². The Balaban J connectivity index is 1.32. The number of amides is 1. The van der Waals surface area contributed by atoms with Crippen LogP contribution in [0.2, 0.25) is 5.02 Å². The molecule has 196 valence electrons. The van der Waals surface area contributed by atoms with E-state index >= 15 is 0 Å². The number of rotatable bonds is 7. The fraction of sp³-hybridized carbons (Fsp3) is 0.192. The molecule has 3 heterocycles. The zero-order chi connectivity index (χ0) is 27.1. The van der Waals surface area contributed by atoms with Crippen molar-refractivity contribution in [1.82, 2.24) is 39.7 Å². The third-order valence-corrected chi connectivity index (χ3v) is 6.83. The lowest BCUT2D eigenvalue weighted by Crippen LogP contribution is -2.25. The van der Waals surface area contributed by atoms with E-state index in [0.717, 1.165) is 29.0 Å². The van der Waals surface area contributed by atoms with E-state index in [9.17, 15) is 9.59 Å². The van der Waals surface area contributed by atoms with E-state index in [1.165, 1.54) is 24.1 Å². The SMILES string of the molecule is CN(C(=O)O)c1ccc(-c2cnc(Cn3c(C4CC4)nc(-c4cc(Cl)ccc4-n4cnnn4)cc3=O)[nH]2)cc1. The van der Waals surface area contributed by atoms with Crippen LogP contribution in [-0.4, -0.2) is 58.0 Å². The number of benzene rings is 2. The average Bonchev–Trinajstić information content (AvgIpc) is 3.42. The van der Waals surface area contributed by atoms with Crippen LogP contribution < -0.4 is 10.5 Å². The lowest BCUT2D eigenvalue weighted by Gasteiger charge is -2.14. The van der Waals surface area contributed by atoms with Gasteiger partial charge in [0.05, 0.1) is 29.8 Å². The molecule has 0 unspecified atom stereocenters. The third-order valence-electron chi connectivity index (χ3n) is 6.60. The number of hydrogen-bond acceptors (Lipinski definition) is 7. The van der Waals surface area contributed by atoms with Crippen molar-refractivity contribution in [2.24, 2.45) is 0 Å². The van der Waals surface area contributed by atoms with E-state index in [-0.39, 0.29) is 18.0 Å². The van der Waals surface area contributed by atoms with Crippen LogP contribution in [-0.2, 0) is 6.54 Å². The topological polar surface area (TPSA) is 148 Å². The predicted octanol–water partition coefficient (Wildman–Crippen LogP) is 3.97. The highest BCUT2D eigenvalue weighted by Gasteiger charge is 2.30. The maximum absolute atomic E-state index is 13.4. The molecular formula is C26H22ClN9O3. The number of nitrogens with one attached hydrogen (secondary N) is 1. The first-order valence-corrected chi connectivity index (χ1v) is 12.5. The molecule has 5 aromatic rings. The largest absolute Gasteiger partial charge is 0.465 e. The monoisotopic (exact) mass is 543 g/mol. The first-order chi connectivity index (χ1) is 18.9. The summed E-state index contributed by atoms with van der Waals surface area (Å²) >= 11 is 6.30. The van der Waals surface area contributed by atoms with Crippen LogP contribution in [0, 0.1) is 0 Å². The number of aromatic nitrogens is 8. The number of anilines is 1. The molecule has 39 heavy (non-hydrogen) atoms. The van der Waals surface area contributed by atoms with Crippen molar-refractivity contribution in [3.05, 3.63) is 88.1 Å². The number of carboxylic acid groups (broad SMARTS) is 1. The van der Waals surface area contributed by atoms with Gasteiger partial charge in [0, 0.05) is 35.3 Å². The first kappa shape index (κ1) is 24.5. The van der Waals surface area contributed by atoms with E-state index in [1.54, 1.807) is 41.1 Å². The predicted molar refractivity (Wildman–Crippen MR) is 143 cm³/mol. The minimum Gasteiger partial charge on any atom is -0.465 e. The lowest BCUT2D eigenvalue weighted by atomic mass is 10.1. The molecule has 1 aliphatic rings. The van der Waals surface area contributed by atoms with Crippen molar-refractivity contribution in [3.63, 3.8) is 0 Å². The average molecular weight is 544 g/mol. The number of tetrazole rings is 1. The molecular weight excluding hydrogens is 522 g/mol. The molecule has 2 N–H and O–H groups in total. The lowest BCUT2D eigenvalue weighted by molar-refractivity contribution is 0.203. The second-order valence-corrected chi connectivity index (χ2v) is 9.68. The fourth-order valence-corrected chi connectivity index (χ4v) is 4.55. The van der Waals surface area contributed by atoms with Crippen molar-refractivity contribution in [1.29, 1.82) is 0 Å². The fourth-order valence-electron chi connectivity index (χ4n) is 4.37.